The average molecular weight is 327 g/mol. The van der Waals surface area contributed by atoms with Gasteiger partial charge >= 0.3 is 0 Å². The van der Waals surface area contributed by atoms with E-state index in [0.29, 0.717) is 0 Å². The van der Waals surface area contributed by atoms with Crippen molar-refractivity contribution in [1.82, 2.24) is 24.9 Å². The molecule has 0 spiro atoms. The fraction of sp³-hybridized carbons (Fsp3) is 0. The van der Waals surface area contributed by atoms with Crippen LogP contribution in [0, 0.1) is 0 Å². The first-order chi connectivity index (χ1) is 12.4. The van der Waals surface area contributed by atoms with E-state index in [1.54, 1.807) is 37.2 Å². The zero-order valence-corrected chi connectivity index (χ0v) is 13.5. The summed E-state index contributed by atoms with van der Waals surface area (Å²) in [4.78, 5) is 19.9. The van der Waals surface area contributed by atoms with E-state index in [1.165, 1.54) is 0 Å². The van der Waals surface area contributed by atoms with Gasteiger partial charge in [-0.2, -0.15) is 0 Å². The molecule has 0 saturated carbocycles. The van der Waals surface area contributed by atoms with Crippen LogP contribution in [0.5, 0.6) is 0 Å². The van der Waals surface area contributed by atoms with Gasteiger partial charge in [-0.1, -0.05) is 24.3 Å². The van der Waals surface area contributed by atoms with Gasteiger partial charge in [-0.15, -0.1) is 0 Å². The fourth-order valence-electron chi connectivity index (χ4n) is 2.25. The van der Waals surface area contributed by atoms with Crippen LogP contribution in [0.2, 0.25) is 0 Å². The smallest absolute Gasteiger partial charge is 0.0709 e. The van der Waals surface area contributed by atoms with Crippen LogP contribution in [0.25, 0.3) is 21.7 Å². The molecule has 122 valence electrons. The van der Waals surface area contributed by atoms with Crippen molar-refractivity contribution >= 4 is 21.7 Å². The Kier molecular flexibility index (Phi) is 5.78. The number of nitrogens with zero attached hydrogens (tertiary/aromatic N) is 4. The highest BCUT2D eigenvalue weighted by Crippen LogP contribution is 2.20. The SMILES string of the molecule is c1cnccnccncccc2cnc3ccccc3c2c[nH]c1. The molecule has 5 nitrogen and oxygen atoms in total. The average Bonchev–Trinajstić information content (AvgIpc) is 2.65. The number of para-hydroxylation sites is 1. The summed E-state index contributed by atoms with van der Waals surface area (Å²) < 4.78 is 0. The third-order valence-electron chi connectivity index (χ3n) is 3.37. The monoisotopic (exact) mass is 327 g/mol. The Labute approximate surface area is 145 Å². The summed E-state index contributed by atoms with van der Waals surface area (Å²) >= 11 is 0. The lowest BCUT2D eigenvalue weighted by atomic mass is 10.1. The first kappa shape index (κ1) is 16.3. The Bertz CT molecular complexity index is 1030. The minimum absolute atomic E-state index is 0.951. The van der Waals surface area contributed by atoms with Gasteiger partial charge in [-0.05, 0) is 18.2 Å². The summed E-state index contributed by atoms with van der Waals surface area (Å²) in [6, 6.07) is 13.7. The van der Waals surface area contributed by atoms with Crippen LogP contribution >= 0.6 is 0 Å². The number of H-pyrrole nitrogens is 1. The number of nitrogens with one attached hydrogen (secondary N) is 1. The van der Waals surface area contributed by atoms with E-state index >= 15 is 0 Å². The summed E-state index contributed by atoms with van der Waals surface area (Å²) in [7, 11) is 0. The molecule has 0 aliphatic rings. The molecular formula is C20H17N5. The number of aromatic nitrogens is 5. The Morgan fingerprint density at radius 3 is 2.20 bits per heavy atom. The molecule has 1 aromatic carbocycles. The van der Waals surface area contributed by atoms with Gasteiger partial charge < -0.3 is 4.98 Å². The van der Waals surface area contributed by atoms with E-state index in [4.69, 9.17) is 0 Å². The standard InChI is InChI=1S/C20H17N5/c1-2-7-20-18(6-1)19-16-24-10-4-9-22-12-14-23-13-11-21-8-3-5-17(19)15-25-20/h1-16,24H. The number of fused-ring (bicyclic) bond motifs is 3. The van der Waals surface area contributed by atoms with Crippen molar-refractivity contribution < 1.29 is 0 Å². The molecule has 3 rings (SSSR count). The van der Waals surface area contributed by atoms with Gasteiger partial charge in [0.1, 0.15) is 0 Å². The molecular weight excluding hydrogens is 310 g/mol. The van der Waals surface area contributed by atoms with Crippen molar-refractivity contribution in [2.75, 3.05) is 0 Å². The molecule has 1 N–H and O–H groups in total. The van der Waals surface area contributed by atoms with Gasteiger partial charge in [0, 0.05) is 71.9 Å². The zero-order chi connectivity index (χ0) is 17.2. The number of hydrogen-bond donors (Lipinski definition) is 1. The van der Waals surface area contributed by atoms with Gasteiger partial charge in [-0.3, -0.25) is 19.9 Å². The van der Waals surface area contributed by atoms with E-state index in [-0.39, 0.29) is 0 Å². The first-order valence-corrected chi connectivity index (χ1v) is 7.80. The largest absolute Gasteiger partial charge is 0.367 e. The highest BCUT2D eigenvalue weighted by molar-refractivity contribution is 6.04. The number of pyridine rings is 1. The molecule has 0 fully saturated rings. The van der Waals surface area contributed by atoms with E-state index in [2.05, 4.69) is 31.0 Å². The van der Waals surface area contributed by atoms with Gasteiger partial charge in [0.15, 0.2) is 0 Å². The summed E-state index contributed by atoms with van der Waals surface area (Å²) in [5.74, 6) is 0. The van der Waals surface area contributed by atoms with Crippen LogP contribution in [0.3, 0.4) is 0 Å². The summed E-state index contributed by atoms with van der Waals surface area (Å²) in [6.45, 7) is 0. The Balaban J connectivity index is 2.27. The lowest BCUT2D eigenvalue weighted by Crippen LogP contribution is -1.80. The second-order valence-corrected chi connectivity index (χ2v) is 5.02. The first-order valence-electron chi connectivity index (χ1n) is 7.80. The second kappa shape index (κ2) is 8.88. The molecule has 25 heavy (non-hydrogen) atoms. The molecule has 0 bridgehead atoms. The van der Waals surface area contributed by atoms with Crippen molar-refractivity contribution in [3.8, 4) is 0 Å². The predicted octanol–water partition coefficient (Wildman–Crippen LogP) is 4.27. The quantitative estimate of drug-likeness (QED) is 0.669. The third-order valence-corrected chi connectivity index (χ3v) is 3.37. The third kappa shape index (κ3) is 4.68. The maximum atomic E-state index is 4.52. The van der Waals surface area contributed by atoms with Crippen LogP contribution in [-0.4, -0.2) is 24.9 Å². The van der Waals surface area contributed by atoms with E-state index in [0.717, 1.165) is 21.7 Å². The lowest BCUT2D eigenvalue weighted by Gasteiger charge is -1.99. The zero-order valence-electron chi connectivity index (χ0n) is 13.5. The molecule has 2 aromatic heterocycles. The maximum Gasteiger partial charge on any atom is 0.0709 e. The predicted molar refractivity (Wildman–Crippen MR) is 99.9 cm³/mol. The summed E-state index contributed by atoms with van der Waals surface area (Å²) in [6.07, 6.45) is 15.4. The number of benzene rings is 1. The minimum atomic E-state index is 0.951. The van der Waals surface area contributed by atoms with Gasteiger partial charge in [0.05, 0.1) is 5.52 Å². The number of hydrogen-bond acceptors (Lipinski definition) is 4. The van der Waals surface area contributed by atoms with Crippen LogP contribution in [-0.2, 0) is 0 Å². The van der Waals surface area contributed by atoms with Crippen molar-refractivity contribution in [2.45, 2.75) is 0 Å². The molecule has 0 amide bonds. The molecule has 0 aliphatic carbocycles. The molecule has 5 heteroatoms. The van der Waals surface area contributed by atoms with Crippen molar-refractivity contribution in [3.63, 3.8) is 0 Å². The molecule has 0 unspecified atom stereocenters. The number of rotatable bonds is 0. The molecule has 3 aromatic rings. The van der Waals surface area contributed by atoms with Gasteiger partial charge in [0.25, 0.3) is 0 Å². The Morgan fingerprint density at radius 2 is 1.36 bits per heavy atom. The van der Waals surface area contributed by atoms with Gasteiger partial charge in [0.2, 0.25) is 0 Å². The molecule has 0 radical (unpaired) electrons. The summed E-state index contributed by atoms with van der Waals surface area (Å²) in [5, 5.41) is 3.14. The summed E-state index contributed by atoms with van der Waals surface area (Å²) in [5.41, 5.74) is 0.951. The molecule has 0 aliphatic heterocycles. The van der Waals surface area contributed by atoms with Crippen molar-refractivity contribution in [3.05, 3.63) is 98.2 Å². The molecule has 0 atom stereocenters. The second-order valence-electron chi connectivity index (χ2n) is 5.02. The topological polar surface area (TPSA) is 67.3 Å². The van der Waals surface area contributed by atoms with Gasteiger partial charge in [-0.25, -0.2) is 0 Å². The van der Waals surface area contributed by atoms with Crippen molar-refractivity contribution in [1.29, 1.82) is 0 Å². The van der Waals surface area contributed by atoms with Crippen LogP contribution in [0.15, 0.2) is 98.2 Å². The lowest BCUT2D eigenvalue weighted by molar-refractivity contribution is 1.24. The highest BCUT2D eigenvalue weighted by atomic mass is 14.7. The van der Waals surface area contributed by atoms with Crippen LogP contribution in [0.4, 0.5) is 0 Å². The normalized spacial score (nSPS) is 9.60. The van der Waals surface area contributed by atoms with E-state index < -0.39 is 0 Å². The molecule has 0 saturated heterocycles. The minimum Gasteiger partial charge on any atom is -0.367 e. The van der Waals surface area contributed by atoms with Crippen LogP contribution < -0.4 is 0 Å². The van der Waals surface area contributed by atoms with E-state index in [1.807, 2.05) is 55.0 Å². The maximum absolute atomic E-state index is 4.52. The number of aromatic amines is 1. The van der Waals surface area contributed by atoms with Crippen LogP contribution in [0.1, 0.15) is 0 Å². The fourth-order valence-corrected chi connectivity index (χ4v) is 2.25. The highest BCUT2D eigenvalue weighted by Gasteiger charge is 1.97. The van der Waals surface area contributed by atoms with Crippen molar-refractivity contribution in [2.24, 2.45) is 0 Å². The Morgan fingerprint density at radius 1 is 0.640 bits per heavy atom. The molecule has 2 heterocycles. The van der Waals surface area contributed by atoms with E-state index in [9.17, 15) is 0 Å². The Hall–Kier alpha value is -3.60.